The summed E-state index contributed by atoms with van der Waals surface area (Å²) in [6, 6.07) is 18.3. The molecular formula is C28H28O3. The number of ether oxygens (including phenoxy) is 1. The van der Waals surface area contributed by atoms with Crippen molar-refractivity contribution < 1.29 is 14.6 Å². The molecule has 0 atom stereocenters. The fraction of sp³-hybridized carbons (Fsp3) is 0.393. The lowest BCUT2D eigenvalue weighted by molar-refractivity contribution is -0.00612. The largest absolute Gasteiger partial charge is 0.496 e. The van der Waals surface area contributed by atoms with Crippen molar-refractivity contribution in [1.29, 1.82) is 0 Å². The lowest BCUT2D eigenvalue weighted by atomic mass is 9.48. The van der Waals surface area contributed by atoms with E-state index in [0.717, 1.165) is 45.4 Å². The van der Waals surface area contributed by atoms with Crippen LogP contribution in [0.25, 0.3) is 21.9 Å². The van der Waals surface area contributed by atoms with Gasteiger partial charge in [0.15, 0.2) is 0 Å². The van der Waals surface area contributed by atoms with E-state index in [2.05, 4.69) is 30.3 Å². The Morgan fingerprint density at radius 2 is 1.55 bits per heavy atom. The number of aromatic carboxylic acids is 1. The number of para-hydroxylation sites is 1. The molecule has 0 saturated heterocycles. The average Bonchev–Trinajstić information content (AvgIpc) is 2.77. The zero-order chi connectivity index (χ0) is 21.2. The monoisotopic (exact) mass is 412 g/mol. The Labute approximate surface area is 183 Å². The summed E-state index contributed by atoms with van der Waals surface area (Å²) in [5.74, 6) is 2.82. The lowest BCUT2D eigenvalue weighted by Gasteiger charge is -2.57. The number of carboxylic acids is 1. The van der Waals surface area contributed by atoms with Crippen LogP contribution in [0.1, 0.15) is 54.4 Å². The van der Waals surface area contributed by atoms with Crippen LogP contribution in [0.15, 0.2) is 54.6 Å². The Kier molecular flexibility index (Phi) is 4.18. The predicted molar refractivity (Wildman–Crippen MR) is 123 cm³/mol. The summed E-state index contributed by atoms with van der Waals surface area (Å²) in [5, 5.41) is 11.3. The zero-order valence-corrected chi connectivity index (χ0v) is 17.9. The molecule has 7 rings (SSSR count). The summed E-state index contributed by atoms with van der Waals surface area (Å²) in [4.78, 5) is 11.3. The molecule has 0 heterocycles. The first kappa shape index (κ1) is 18.9. The van der Waals surface area contributed by atoms with Gasteiger partial charge in [-0.3, -0.25) is 0 Å². The van der Waals surface area contributed by atoms with Gasteiger partial charge in [0.25, 0.3) is 0 Å². The van der Waals surface area contributed by atoms with Crippen molar-refractivity contribution in [3.05, 3.63) is 65.7 Å². The highest BCUT2D eigenvalue weighted by molar-refractivity contribution is 5.96. The van der Waals surface area contributed by atoms with Gasteiger partial charge in [-0.05, 0) is 96.2 Å². The quantitative estimate of drug-likeness (QED) is 0.520. The molecule has 4 fully saturated rings. The van der Waals surface area contributed by atoms with Gasteiger partial charge < -0.3 is 9.84 Å². The molecule has 158 valence electrons. The number of carboxylic acid groups (broad SMARTS) is 1. The molecule has 0 aliphatic heterocycles. The minimum atomic E-state index is -0.893. The second-order valence-electron chi connectivity index (χ2n) is 10.2. The summed E-state index contributed by atoms with van der Waals surface area (Å²) < 4.78 is 6.11. The zero-order valence-electron chi connectivity index (χ0n) is 17.9. The second-order valence-corrected chi connectivity index (χ2v) is 10.2. The van der Waals surface area contributed by atoms with Crippen molar-refractivity contribution in [2.24, 2.45) is 17.8 Å². The first-order chi connectivity index (χ1) is 15.0. The van der Waals surface area contributed by atoms with Crippen molar-refractivity contribution in [2.75, 3.05) is 7.11 Å². The third kappa shape index (κ3) is 2.97. The van der Waals surface area contributed by atoms with Gasteiger partial charge in [-0.2, -0.15) is 0 Å². The number of benzene rings is 3. The van der Waals surface area contributed by atoms with E-state index in [9.17, 15) is 9.90 Å². The van der Waals surface area contributed by atoms with Gasteiger partial charge in [0.05, 0.1) is 12.7 Å². The minimum absolute atomic E-state index is 0.281. The van der Waals surface area contributed by atoms with Crippen LogP contribution in [0.2, 0.25) is 0 Å². The summed E-state index contributed by atoms with van der Waals surface area (Å²) in [6.45, 7) is 0. The Hall–Kier alpha value is -2.81. The molecule has 3 heteroatoms. The number of rotatable bonds is 4. The molecule has 3 nitrogen and oxygen atoms in total. The molecule has 1 N–H and O–H groups in total. The highest BCUT2D eigenvalue weighted by atomic mass is 16.5. The van der Waals surface area contributed by atoms with Crippen LogP contribution in [0.4, 0.5) is 0 Å². The van der Waals surface area contributed by atoms with Gasteiger partial charge in [-0.15, -0.1) is 0 Å². The van der Waals surface area contributed by atoms with Gasteiger partial charge >= 0.3 is 5.97 Å². The average molecular weight is 413 g/mol. The molecule has 4 bridgehead atoms. The predicted octanol–water partition coefficient (Wildman–Crippen LogP) is 6.68. The first-order valence-corrected chi connectivity index (χ1v) is 11.5. The van der Waals surface area contributed by atoms with Crippen LogP contribution in [-0.4, -0.2) is 18.2 Å². The van der Waals surface area contributed by atoms with E-state index in [4.69, 9.17) is 4.74 Å². The van der Waals surface area contributed by atoms with E-state index in [0.29, 0.717) is 5.56 Å². The highest BCUT2D eigenvalue weighted by Gasteiger charge is 2.52. The van der Waals surface area contributed by atoms with Gasteiger partial charge in [0.2, 0.25) is 0 Å². The van der Waals surface area contributed by atoms with E-state index in [1.165, 1.54) is 44.1 Å². The third-order valence-electron chi connectivity index (χ3n) is 8.23. The Balaban J connectivity index is 1.45. The normalized spacial score (nSPS) is 28.7. The fourth-order valence-corrected chi connectivity index (χ4v) is 7.39. The van der Waals surface area contributed by atoms with Crippen molar-refractivity contribution in [1.82, 2.24) is 0 Å². The molecule has 3 aromatic carbocycles. The topological polar surface area (TPSA) is 46.5 Å². The first-order valence-electron chi connectivity index (χ1n) is 11.5. The van der Waals surface area contributed by atoms with Gasteiger partial charge in [-0.25, -0.2) is 4.79 Å². The van der Waals surface area contributed by atoms with Crippen molar-refractivity contribution >= 4 is 16.7 Å². The number of methoxy groups -OCH3 is 1. The minimum Gasteiger partial charge on any atom is -0.496 e. The van der Waals surface area contributed by atoms with Crippen LogP contribution in [0, 0.1) is 17.8 Å². The fourth-order valence-electron chi connectivity index (χ4n) is 7.39. The SMILES string of the molecule is COc1c(-c2ccc3cc(C(=O)O)ccc3c2)cccc1C12CC3CC(CC(C3)C1)C2. The van der Waals surface area contributed by atoms with Crippen LogP contribution in [0.5, 0.6) is 5.75 Å². The van der Waals surface area contributed by atoms with Gasteiger partial charge in [0, 0.05) is 11.1 Å². The molecule has 4 aliphatic carbocycles. The van der Waals surface area contributed by atoms with E-state index in [-0.39, 0.29) is 5.41 Å². The molecule has 3 aromatic rings. The van der Waals surface area contributed by atoms with Gasteiger partial charge in [0.1, 0.15) is 5.75 Å². The Morgan fingerprint density at radius 1 is 0.903 bits per heavy atom. The molecule has 31 heavy (non-hydrogen) atoms. The standard InChI is InChI=1S/C28H28O3/c1-31-26-24(22-7-5-21-13-23(27(29)30)8-6-20(21)12-22)3-2-4-25(26)28-14-17-9-18(15-28)11-19(10-17)16-28/h2-8,12-13,17-19H,9-11,14-16H2,1H3,(H,29,30). The maximum atomic E-state index is 11.3. The van der Waals surface area contributed by atoms with Crippen molar-refractivity contribution in [3.8, 4) is 16.9 Å². The molecule has 0 spiro atoms. The molecule has 0 amide bonds. The molecule has 4 aliphatic rings. The molecule has 0 radical (unpaired) electrons. The van der Waals surface area contributed by atoms with E-state index in [1.807, 2.05) is 19.2 Å². The van der Waals surface area contributed by atoms with Crippen LogP contribution in [0.3, 0.4) is 0 Å². The number of hydrogen-bond donors (Lipinski definition) is 1. The van der Waals surface area contributed by atoms with E-state index >= 15 is 0 Å². The van der Waals surface area contributed by atoms with Crippen molar-refractivity contribution in [2.45, 2.75) is 43.9 Å². The lowest BCUT2D eigenvalue weighted by Crippen LogP contribution is -2.48. The molecular weight excluding hydrogens is 384 g/mol. The van der Waals surface area contributed by atoms with E-state index in [1.54, 1.807) is 12.1 Å². The summed E-state index contributed by atoms with van der Waals surface area (Å²) in [7, 11) is 1.81. The molecule has 4 saturated carbocycles. The highest BCUT2D eigenvalue weighted by Crippen LogP contribution is 2.62. The van der Waals surface area contributed by atoms with Crippen LogP contribution in [-0.2, 0) is 5.41 Å². The number of carbonyl (C=O) groups is 1. The number of fused-ring (bicyclic) bond motifs is 1. The Morgan fingerprint density at radius 3 is 2.19 bits per heavy atom. The summed E-state index contributed by atoms with van der Waals surface area (Å²) in [6.07, 6.45) is 8.25. The Bertz CT molecular complexity index is 1160. The molecule has 0 aromatic heterocycles. The van der Waals surface area contributed by atoms with Crippen molar-refractivity contribution in [3.63, 3.8) is 0 Å². The summed E-state index contributed by atoms with van der Waals surface area (Å²) in [5.41, 5.74) is 4.28. The van der Waals surface area contributed by atoms with Crippen LogP contribution < -0.4 is 4.74 Å². The second kappa shape index (κ2) is 6.85. The maximum Gasteiger partial charge on any atom is 0.335 e. The molecule has 0 unspecified atom stereocenters. The number of hydrogen-bond acceptors (Lipinski definition) is 2. The van der Waals surface area contributed by atoms with E-state index < -0.39 is 5.97 Å². The maximum absolute atomic E-state index is 11.3. The third-order valence-corrected chi connectivity index (χ3v) is 8.23. The summed E-state index contributed by atoms with van der Waals surface area (Å²) >= 11 is 0. The van der Waals surface area contributed by atoms with Gasteiger partial charge in [-0.1, -0.05) is 36.4 Å². The van der Waals surface area contributed by atoms with Crippen LogP contribution >= 0.6 is 0 Å². The smallest absolute Gasteiger partial charge is 0.335 e.